The Morgan fingerprint density at radius 1 is 1.00 bits per heavy atom. The summed E-state index contributed by atoms with van der Waals surface area (Å²) in [5.41, 5.74) is 1.72. The van der Waals surface area contributed by atoms with Crippen molar-refractivity contribution in [3.63, 3.8) is 0 Å². The number of aromatic amines is 1. The number of benzene rings is 2. The first-order valence-corrected chi connectivity index (χ1v) is 6.15. The van der Waals surface area contributed by atoms with Crippen LogP contribution in [0.3, 0.4) is 0 Å². The zero-order valence-corrected chi connectivity index (χ0v) is 10.7. The largest absolute Gasteiger partial charge is 0.268 e. The molecule has 0 bridgehead atoms. The third kappa shape index (κ3) is 2.20. The minimum Gasteiger partial charge on any atom is -0.268 e. The average Bonchev–Trinajstić information content (AvgIpc) is 2.83. The molecule has 3 aromatic rings. The smallest absolute Gasteiger partial charge is 0.200 e. The summed E-state index contributed by atoms with van der Waals surface area (Å²) in [6.07, 6.45) is 0. The van der Waals surface area contributed by atoms with Gasteiger partial charge in [-0.2, -0.15) is 5.10 Å². The van der Waals surface area contributed by atoms with E-state index in [9.17, 15) is 4.39 Å². The highest BCUT2D eigenvalue weighted by molar-refractivity contribution is 7.71. The Labute approximate surface area is 114 Å². The zero-order chi connectivity index (χ0) is 13.2. The zero-order valence-electron chi connectivity index (χ0n) is 9.88. The predicted molar refractivity (Wildman–Crippen MR) is 74.1 cm³/mol. The predicted octanol–water partition coefficient (Wildman–Crippen LogP) is 3.74. The van der Waals surface area contributed by atoms with Crippen LogP contribution in [-0.2, 0) is 0 Å². The van der Waals surface area contributed by atoms with Gasteiger partial charge < -0.3 is 0 Å². The van der Waals surface area contributed by atoms with E-state index < -0.39 is 0 Å². The van der Waals surface area contributed by atoms with E-state index in [2.05, 4.69) is 10.2 Å². The van der Waals surface area contributed by atoms with Crippen LogP contribution in [0.25, 0.3) is 17.1 Å². The van der Waals surface area contributed by atoms with Crippen LogP contribution >= 0.6 is 12.2 Å². The molecule has 5 heteroatoms. The third-order valence-corrected chi connectivity index (χ3v) is 3.06. The number of halogens is 1. The second-order valence-corrected chi connectivity index (χ2v) is 4.42. The molecule has 2 aromatic carbocycles. The fourth-order valence-electron chi connectivity index (χ4n) is 1.91. The summed E-state index contributed by atoms with van der Waals surface area (Å²) in [5, 5.41) is 7.01. The Kier molecular flexibility index (Phi) is 2.97. The van der Waals surface area contributed by atoms with Gasteiger partial charge >= 0.3 is 0 Å². The van der Waals surface area contributed by atoms with E-state index in [1.807, 2.05) is 30.3 Å². The molecule has 0 amide bonds. The Balaban J connectivity index is 2.19. The minimum atomic E-state index is -0.278. The lowest BCUT2D eigenvalue weighted by atomic mass is 10.2. The van der Waals surface area contributed by atoms with Crippen molar-refractivity contribution in [3.05, 3.63) is 65.2 Å². The van der Waals surface area contributed by atoms with Gasteiger partial charge in [-0.15, -0.1) is 0 Å². The number of hydrogen-bond acceptors (Lipinski definition) is 2. The molecule has 0 unspecified atom stereocenters. The molecule has 0 atom stereocenters. The van der Waals surface area contributed by atoms with Gasteiger partial charge in [-0.1, -0.05) is 30.3 Å². The van der Waals surface area contributed by atoms with E-state index in [1.54, 1.807) is 16.7 Å². The van der Waals surface area contributed by atoms with Crippen molar-refractivity contribution in [1.29, 1.82) is 0 Å². The topological polar surface area (TPSA) is 33.6 Å². The molecule has 94 valence electrons. The first-order valence-electron chi connectivity index (χ1n) is 5.74. The van der Waals surface area contributed by atoms with Crippen LogP contribution in [0.4, 0.5) is 4.39 Å². The highest BCUT2D eigenvalue weighted by Crippen LogP contribution is 2.21. The molecule has 0 aliphatic rings. The van der Waals surface area contributed by atoms with Crippen LogP contribution in [0, 0.1) is 10.6 Å². The van der Waals surface area contributed by atoms with Gasteiger partial charge in [0.05, 0.1) is 5.69 Å². The normalized spacial score (nSPS) is 10.6. The highest BCUT2D eigenvalue weighted by atomic mass is 32.1. The molecule has 3 rings (SSSR count). The Hall–Kier alpha value is -2.27. The van der Waals surface area contributed by atoms with Crippen molar-refractivity contribution >= 4 is 12.2 Å². The van der Waals surface area contributed by atoms with Crippen LogP contribution < -0.4 is 0 Å². The van der Waals surface area contributed by atoms with Gasteiger partial charge in [0.2, 0.25) is 0 Å². The molecule has 0 saturated carbocycles. The third-order valence-electron chi connectivity index (χ3n) is 2.79. The van der Waals surface area contributed by atoms with Gasteiger partial charge in [-0.05, 0) is 36.5 Å². The van der Waals surface area contributed by atoms with Gasteiger partial charge in [0.15, 0.2) is 10.6 Å². The fraction of sp³-hybridized carbons (Fsp3) is 0. The van der Waals surface area contributed by atoms with Crippen LogP contribution in [0.2, 0.25) is 0 Å². The Morgan fingerprint density at radius 2 is 1.68 bits per heavy atom. The molecule has 1 N–H and O–H groups in total. The lowest BCUT2D eigenvalue weighted by Gasteiger charge is -2.06. The molecule has 0 aliphatic carbocycles. The van der Waals surface area contributed by atoms with Gasteiger partial charge in [-0.25, -0.2) is 4.39 Å². The van der Waals surface area contributed by atoms with E-state index in [-0.39, 0.29) is 5.82 Å². The van der Waals surface area contributed by atoms with E-state index in [0.29, 0.717) is 10.6 Å². The fourth-order valence-corrected chi connectivity index (χ4v) is 2.15. The number of H-pyrrole nitrogens is 1. The van der Waals surface area contributed by atoms with E-state index in [1.165, 1.54) is 12.1 Å². The SMILES string of the molecule is Fc1ccc(-n2c(-c3ccccc3)n[nH]c2=S)cc1. The van der Waals surface area contributed by atoms with Gasteiger partial charge in [0.1, 0.15) is 5.82 Å². The molecular formula is C14H10FN3S. The molecule has 1 aromatic heterocycles. The highest BCUT2D eigenvalue weighted by Gasteiger charge is 2.10. The van der Waals surface area contributed by atoms with Crippen LogP contribution in [0.1, 0.15) is 0 Å². The van der Waals surface area contributed by atoms with E-state index in [4.69, 9.17) is 12.2 Å². The number of aromatic nitrogens is 3. The minimum absolute atomic E-state index is 0.278. The second-order valence-electron chi connectivity index (χ2n) is 4.03. The van der Waals surface area contributed by atoms with Crippen molar-refractivity contribution in [2.75, 3.05) is 0 Å². The van der Waals surface area contributed by atoms with Gasteiger partial charge in [0.25, 0.3) is 0 Å². The Bertz CT molecular complexity index is 744. The molecule has 0 saturated heterocycles. The van der Waals surface area contributed by atoms with Crippen molar-refractivity contribution in [1.82, 2.24) is 14.8 Å². The molecule has 0 aliphatic heterocycles. The monoisotopic (exact) mass is 271 g/mol. The summed E-state index contributed by atoms with van der Waals surface area (Å²) >= 11 is 5.24. The van der Waals surface area contributed by atoms with Crippen LogP contribution in [-0.4, -0.2) is 14.8 Å². The summed E-state index contributed by atoms with van der Waals surface area (Å²) in [5.74, 6) is 0.428. The standard InChI is InChI=1S/C14H10FN3S/c15-11-6-8-12(9-7-11)18-13(16-17-14(18)19)10-4-2-1-3-5-10/h1-9H,(H,17,19). The van der Waals surface area contributed by atoms with Gasteiger partial charge in [-0.3, -0.25) is 9.67 Å². The second kappa shape index (κ2) is 4.78. The average molecular weight is 271 g/mol. The first kappa shape index (κ1) is 11.8. The van der Waals surface area contributed by atoms with Crippen LogP contribution in [0.15, 0.2) is 54.6 Å². The maximum atomic E-state index is 13.0. The maximum absolute atomic E-state index is 13.0. The van der Waals surface area contributed by atoms with Crippen molar-refractivity contribution in [2.45, 2.75) is 0 Å². The van der Waals surface area contributed by atoms with Crippen LogP contribution in [0.5, 0.6) is 0 Å². The molecular weight excluding hydrogens is 261 g/mol. The summed E-state index contributed by atoms with van der Waals surface area (Å²) in [7, 11) is 0. The number of rotatable bonds is 2. The molecule has 19 heavy (non-hydrogen) atoms. The summed E-state index contributed by atoms with van der Waals surface area (Å²) in [6, 6.07) is 15.9. The van der Waals surface area contributed by atoms with Crippen molar-refractivity contribution < 1.29 is 4.39 Å². The summed E-state index contributed by atoms with van der Waals surface area (Å²) in [6.45, 7) is 0. The molecule has 0 fully saturated rings. The quantitative estimate of drug-likeness (QED) is 0.720. The molecule has 0 spiro atoms. The van der Waals surface area contributed by atoms with Crippen molar-refractivity contribution in [2.24, 2.45) is 0 Å². The number of nitrogens with one attached hydrogen (secondary N) is 1. The lowest BCUT2D eigenvalue weighted by Crippen LogP contribution is -1.97. The summed E-state index contributed by atoms with van der Waals surface area (Å²) in [4.78, 5) is 0. The Morgan fingerprint density at radius 3 is 2.37 bits per heavy atom. The maximum Gasteiger partial charge on any atom is 0.200 e. The number of nitrogens with zero attached hydrogens (tertiary/aromatic N) is 2. The first-order chi connectivity index (χ1) is 9.25. The van der Waals surface area contributed by atoms with E-state index in [0.717, 1.165) is 11.3 Å². The summed E-state index contributed by atoms with van der Waals surface area (Å²) < 4.78 is 15.3. The molecule has 3 nitrogen and oxygen atoms in total. The van der Waals surface area contributed by atoms with E-state index >= 15 is 0 Å². The lowest BCUT2D eigenvalue weighted by molar-refractivity contribution is 0.627. The molecule has 0 radical (unpaired) electrons. The molecule has 1 heterocycles. The number of hydrogen-bond donors (Lipinski definition) is 1. The van der Waals surface area contributed by atoms with Gasteiger partial charge in [0, 0.05) is 5.56 Å². The van der Waals surface area contributed by atoms with Crippen molar-refractivity contribution in [3.8, 4) is 17.1 Å².